The molecule has 2 aromatic rings. The number of amides is 1. The third-order valence-electron chi connectivity index (χ3n) is 6.37. The van der Waals surface area contributed by atoms with Crippen molar-refractivity contribution in [2.24, 2.45) is 4.99 Å². The summed E-state index contributed by atoms with van der Waals surface area (Å²) in [7, 11) is 0. The molecule has 1 aromatic carbocycles. The van der Waals surface area contributed by atoms with Crippen molar-refractivity contribution in [1.29, 1.82) is 0 Å². The largest absolute Gasteiger partial charge is 0.357 e. The summed E-state index contributed by atoms with van der Waals surface area (Å²) in [5.41, 5.74) is 3.25. The average Bonchev–Trinajstić information content (AvgIpc) is 2.88. The lowest BCUT2D eigenvalue weighted by Crippen LogP contribution is -2.54. The number of aliphatic imine (C=N–C) groups is 1. The normalized spacial score (nSPS) is 17.8. The Labute approximate surface area is 197 Å². The van der Waals surface area contributed by atoms with E-state index < -0.39 is 0 Å². The lowest BCUT2D eigenvalue weighted by atomic mass is 10.1. The van der Waals surface area contributed by atoms with Gasteiger partial charge in [-0.2, -0.15) is 0 Å². The van der Waals surface area contributed by atoms with Gasteiger partial charge >= 0.3 is 0 Å². The summed E-state index contributed by atoms with van der Waals surface area (Å²) in [4.78, 5) is 28.6. The topological polar surface area (TPSA) is 64.1 Å². The number of benzene rings is 1. The van der Waals surface area contributed by atoms with Crippen LogP contribution in [0.3, 0.4) is 0 Å². The molecule has 1 amide bonds. The second kappa shape index (κ2) is 11.8. The quantitative estimate of drug-likeness (QED) is 0.544. The van der Waals surface area contributed by atoms with Crippen molar-refractivity contribution in [2.45, 2.75) is 32.7 Å². The first kappa shape index (κ1) is 23.2. The van der Waals surface area contributed by atoms with E-state index in [1.807, 2.05) is 29.3 Å². The highest BCUT2D eigenvalue weighted by atomic mass is 16.2. The van der Waals surface area contributed by atoms with Crippen LogP contribution in [-0.2, 0) is 11.3 Å². The van der Waals surface area contributed by atoms with Crippen molar-refractivity contribution in [3.8, 4) is 11.3 Å². The fraction of sp³-hybridized carbons (Fsp3) is 0.500. The maximum absolute atomic E-state index is 12.6. The fourth-order valence-electron chi connectivity index (χ4n) is 4.51. The smallest absolute Gasteiger partial charge is 0.236 e. The zero-order valence-electron chi connectivity index (χ0n) is 19.7. The molecule has 0 aliphatic carbocycles. The monoisotopic (exact) mass is 448 g/mol. The molecule has 2 fully saturated rings. The zero-order valence-corrected chi connectivity index (χ0v) is 19.7. The van der Waals surface area contributed by atoms with Crippen LogP contribution in [0.15, 0.2) is 53.7 Å². The number of guanidine groups is 1. The highest BCUT2D eigenvalue weighted by Gasteiger charge is 2.24. The van der Waals surface area contributed by atoms with E-state index in [1.165, 1.54) is 12.0 Å². The molecule has 2 aliphatic heterocycles. The number of pyridine rings is 1. The number of carbonyl (C=O) groups is 1. The molecule has 0 unspecified atom stereocenters. The summed E-state index contributed by atoms with van der Waals surface area (Å²) in [6.07, 6.45) is 5.37. The Morgan fingerprint density at radius 2 is 1.79 bits per heavy atom. The van der Waals surface area contributed by atoms with Crippen LogP contribution in [0.2, 0.25) is 0 Å². The summed E-state index contributed by atoms with van der Waals surface area (Å²) in [5.74, 6) is 1.24. The predicted molar refractivity (Wildman–Crippen MR) is 133 cm³/mol. The lowest BCUT2D eigenvalue weighted by molar-refractivity contribution is -0.133. The minimum absolute atomic E-state index is 0.288. The molecule has 4 rings (SSSR count). The summed E-state index contributed by atoms with van der Waals surface area (Å²) in [6, 6.07) is 14.4. The Balaban J connectivity index is 1.33. The maximum atomic E-state index is 12.6. The van der Waals surface area contributed by atoms with E-state index >= 15 is 0 Å². The van der Waals surface area contributed by atoms with Crippen molar-refractivity contribution < 1.29 is 4.79 Å². The van der Waals surface area contributed by atoms with Gasteiger partial charge in [0.05, 0.1) is 18.8 Å². The van der Waals surface area contributed by atoms with Gasteiger partial charge in [-0.15, -0.1) is 0 Å². The zero-order chi connectivity index (χ0) is 22.9. The molecule has 0 bridgehead atoms. The van der Waals surface area contributed by atoms with Crippen LogP contribution in [0.1, 0.15) is 31.7 Å². The first-order valence-corrected chi connectivity index (χ1v) is 12.3. The van der Waals surface area contributed by atoms with E-state index in [2.05, 4.69) is 51.3 Å². The van der Waals surface area contributed by atoms with Crippen LogP contribution in [0, 0.1) is 0 Å². The van der Waals surface area contributed by atoms with Crippen LogP contribution in [-0.4, -0.2) is 83.9 Å². The Morgan fingerprint density at radius 3 is 2.52 bits per heavy atom. The van der Waals surface area contributed by atoms with Gasteiger partial charge in [0.2, 0.25) is 5.91 Å². The van der Waals surface area contributed by atoms with Crippen LogP contribution in [0.4, 0.5) is 0 Å². The molecule has 7 heteroatoms. The first-order valence-electron chi connectivity index (χ1n) is 12.3. The van der Waals surface area contributed by atoms with Crippen molar-refractivity contribution in [3.63, 3.8) is 0 Å². The number of hydrogen-bond acceptors (Lipinski definition) is 4. The highest BCUT2D eigenvalue weighted by molar-refractivity contribution is 5.80. The molecular weight excluding hydrogens is 412 g/mol. The highest BCUT2D eigenvalue weighted by Crippen LogP contribution is 2.18. The van der Waals surface area contributed by atoms with E-state index in [1.54, 1.807) is 0 Å². The summed E-state index contributed by atoms with van der Waals surface area (Å²) < 4.78 is 0. The van der Waals surface area contributed by atoms with E-state index in [0.717, 1.165) is 75.9 Å². The van der Waals surface area contributed by atoms with Gasteiger partial charge in [0.1, 0.15) is 0 Å². The molecule has 2 aliphatic rings. The van der Waals surface area contributed by atoms with Crippen molar-refractivity contribution in [1.82, 2.24) is 25.0 Å². The van der Waals surface area contributed by atoms with Gasteiger partial charge < -0.3 is 15.1 Å². The number of nitrogens with one attached hydrogen (secondary N) is 1. The number of rotatable bonds is 6. The molecule has 2 saturated heterocycles. The first-order chi connectivity index (χ1) is 16.2. The van der Waals surface area contributed by atoms with Gasteiger partial charge in [0, 0.05) is 57.6 Å². The Kier molecular flexibility index (Phi) is 8.30. The number of carbonyl (C=O) groups excluding carboxylic acids is 1. The van der Waals surface area contributed by atoms with Gasteiger partial charge in [-0.1, -0.05) is 24.3 Å². The van der Waals surface area contributed by atoms with Gasteiger partial charge in [0.15, 0.2) is 5.96 Å². The number of nitrogens with zero attached hydrogens (tertiary/aromatic N) is 5. The molecule has 0 radical (unpaired) electrons. The molecule has 7 nitrogen and oxygen atoms in total. The van der Waals surface area contributed by atoms with E-state index in [4.69, 9.17) is 4.99 Å². The fourth-order valence-corrected chi connectivity index (χ4v) is 4.51. The van der Waals surface area contributed by atoms with E-state index in [0.29, 0.717) is 13.1 Å². The SMILES string of the molecule is CCNC(=NCc1cccc(-c2ccccn2)c1)N1CCN(CC(=O)N2CCCCC2)CC1. The molecule has 0 saturated carbocycles. The number of piperazine rings is 1. The van der Waals surface area contributed by atoms with E-state index in [9.17, 15) is 4.79 Å². The third kappa shape index (κ3) is 6.54. The van der Waals surface area contributed by atoms with Crippen LogP contribution >= 0.6 is 0 Å². The Bertz CT molecular complexity index is 917. The van der Waals surface area contributed by atoms with Gasteiger partial charge in [0.25, 0.3) is 0 Å². The van der Waals surface area contributed by atoms with Crippen LogP contribution in [0.5, 0.6) is 0 Å². The van der Waals surface area contributed by atoms with Gasteiger partial charge in [-0.05, 0) is 49.9 Å². The Morgan fingerprint density at radius 1 is 0.970 bits per heavy atom. The third-order valence-corrected chi connectivity index (χ3v) is 6.37. The summed E-state index contributed by atoms with van der Waals surface area (Å²) >= 11 is 0. The molecular formula is C26H36N6O. The second-order valence-corrected chi connectivity index (χ2v) is 8.79. The minimum Gasteiger partial charge on any atom is -0.357 e. The second-order valence-electron chi connectivity index (χ2n) is 8.79. The Hall–Kier alpha value is -2.93. The van der Waals surface area contributed by atoms with Gasteiger partial charge in [-0.3, -0.25) is 14.7 Å². The van der Waals surface area contributed by atoms with Gasteiger partial charge in [-0.25, -0.2) is 4.99 Å². The van der Waals surface area contributed by atoms with E-state index in [-0.39, 0.29) is 5.91 Å². The molecule has 33 heavy (non-hydrogen) atoms. The lowest BCUT2D eigenvalue weighted by Gasteiger charge is -2.37. The standard InChI is InChI=1S/C26H36N6O/c1-2-27-26(29-20-22-9-8-10-23(19-22)24-11-4-5-12-28-24)32-17-15-30(16-18-32)21-25(33)31-13-6-3-7-14-31/h4-5,8-12,19H,2-3,6-7,13-18,20-21H2,1H3,(H,27,29). The minimum atomic E-state index is 0.288. The summed E-state index contributed by atoms with van der Waals surface area (Å²) in [6.45, 7) is 9.50. The molecule has 176 valence electrons. The molecule has 0 atom stereocenters. The number of likely N-dealkylation sites (tertiary alicyclic amines) is 1. The molecule has 1 N–H and O–H groups in total. The average molecular weight is 449 g/mol. The number of aromatic nitrogens is 1. The molecule has 1 aromatic heterocycles. The number of hydrogen-bond donors (Lipinski definition) is 1. The number of piperidine rings is 1. The van der Waals surface area contributed by atoms with Crippen molar-refractivity contribution >= 4 is 11.9 Å². The molecule has 3 heterocycles. The van der Waals surface area contributed by atoms with Crippen LogP contribution < -0.4 is 5.32 Å². The predicted octanol–water partition coefficient (Wildman–Crippen LogP) is 2.84. The summed E-state index contributed by atoms with van der Waals surface area (Å²) in [5, 5.41) is 3.45. The maximum Gasteiger partial charge on any atom is 0.236 e. The van der Waals surface area contributed by atoms with Crippen molar-refractivity contribution in [3.05, 3.63) is 54.2 Å². The molecule has 0 spiro atoms. The van der Waals surface area contributed by atoms with Crippen LogP contribution in [0.25, 0.3) is 11.3 Å². The van der Waals surface area contributed by atoms with Crippen molar-refractivity contribution in [2.75, 3.05) is 52.4 Å².